The molecular formula is C20H35N3O4S2. The van der Waals surface area contributed by atoms with E-state index in [9.17, 15) is 16.8 Å². The number of nitrogens with one attached hydrogen (secondary N) is 3. The second-order valence-corrected chi connectivity index (χ2v) is 13.3. The van der Waals surface area contributed by atoms with E-state index in [1.54, 1.807) is 58.9 Å². The first-order chi connectivity index (χ1) is 13.3. The van der Waals surface area contributed by atoms with Crippen molar-refractivity contribution in [2.75, 3.05) is 11.9 Å². The Labute approximate surface area is 176 Å². The van der Waals surface area contributed by atoms with Gasteiger partial charge in [-0.05, 0) is 90.5 Å². The molecule has 0 aliphatic heterocycles. The highest BCUT2D eigenvalue weighted by Gasteiger charge is 2.32. The Balaban J connectivity index is 1.82. The fourth-order valence-corrected chi connectivity index (χ4v) is 5.55. The monoisotopic (exact) mass is 445 g/mol. The zero-order valence-electron chi connectivity index (χ0n) is 18.0. The van der Waals surface area contributed by atoms with Crippen LogP contribution in [0.15, 0.2) is 29.2 Å². The summed E-state index contributed by atoms with van der Waals surface area (Å²) < 4.78 is 53.6. The lowest BCUT2D eigenvalue weighted by molar-refractivity contribution is 0.322. The molecule has 0 saturated heterocycles. The van der Waals surface area contributed by atoms with Crippen LogP contribution in [0, 0.1) is 5.92 Å². The van der Waals surface area contributed by atoms with E-state index < -0.39 is 24.8 Å². The minimum absolute atomic E-state index is 0.00780. The van der Waals surface area contributed by atoms with Crippen molar-refractivity contribution >= 4 is 25.7 Å². The number of hydrogen-bond donors (Lipinski definition) is 3. The van der Waals surface area contributed by atoms with Gasteiger partial charge in [0.1, 0.15) is 0 Å². The molecule has 0 radical (unpaired) electrons. The lowest BCUT2D eigenvalue weighted by Crippen LogP contribution is -2.46. The highest BCUT2D eigenvalue weighted by atomic mass is 32.2. The minimum atomic E-state index is -3.48. The van der Waals surface area contributed by atoms with Crippen LogP contribution in [0.25, 0.3) is 0 Å². The summed E-state index contributed by atoms with van der Waals surface area (Å²) in [7, 11) is -6.79. The molecule has 0 amide bonds. The summed E-state index contributed by atoms with van der Waals surface area (Å²) in [6.07, 6.45) is 3.57. The van der Waals surface area contributed by atoms with Crippen LogP contribution >= 0.6 is 0 Å². The van der Waals surface area contributed by atoms with Gasteiger partial charge < -0.3 is 5.32 Å². The highest BCUT2D eigenvalue weighted by Crippen LogP contribution is 2.27. The third-order valence-electron chi connectivity index (χ3n) is 5.13. The maximum absolute atomic E-state index is 12.3. The molecule has 1 fully saturated rings. The van der Waals surface area contributed by atoms with Crippen molar-refractivity contribution in [3.05, 3.63) is 24.3 Å². The van der Waals surface area contributed by atoms with Crippen molar-refractivity contribution in [3.63, 3.8) is 0 Å². The Bertz CT molecular complexity index is 865. The molecule has 1 aliphatic rings. The molecule has 0 bridgehead atoms. The third kappa shape index (κ3) is 6.94. The summed E-state index contributed by atoms with van der Waals surface area (Å²) in [5.74, 6) is 0.469. The van der Waals surface area contributed by atoms with Gasteiger partial charge >= 0.3 is 0 Å². The molecule has 2 rings (SSSR count). The molecule has 1 aromatic carbocycles. The van der Waals surface area contributed by atoms with Crippen LogP contribution in [-0.2, 0) is 20.0 Å². The average Bonchev–Trinajstić information content (AvgIpc) is 2.59. The first-order valence-electron chi connectivity index (χ1n) is 10.2. The van der Waals surface area contributed by atoms with Gasteiger partial charge in [-0.25, -0.2) is 26.3 Å². The first kappa shape index (κ1) is 24.1. The van der Waals surface area contributed by atoms with Crippen LogP contribution in [0.4, 0.5) is 5.69 Å². The van der Waals surface area contributed by atoms with Crippen LogP contribution in [0.3, 0.4) is 0 Å². The Hall–Kier alpha value is -1.16. The van der Waals surface area contributed by atoms with Crippen LogP contribution in [0.2, 0.25) is 0 Å². The van der Waals surface area contributed by atoms with E-state index in [2.05, 4.69) is 14.8 Å². The van der Waals surface area contributed by atoms with Crippen molar-refractivity contribution in [2.24, 2.45) is 5.92 Å². The van der Waals surface area contributed by atoms with Gasteiger partial charge in [0.25, 0.3) is 0 Å². The van der Waals surface area contributed by atoms with Crippen molar-refractivity contribution in [2.45, 2.75) is 82.0 Å². The second-order valence-electron chi connectivity index (χ2n) is 9.13. The van der Waals surface area contributed by atoms with E-state index in [4.69, 9.17) is 0 Å². The van der Waals surface area contributed by atoms with E-state index in [1.165, 1.54) is 0 Å². The molecule has 9 heteroatoms. The Morgan fingerprint density at radius 3 is 2.00 bits per heavy atom. The average molecular weight is 446 g/mol. The minimum Gasteiger partial charge on any atom is -0.385 e. The summed E-state index contributed by atoms with van der Waals surface area (Å²) in [5, 5.41) is 3.37. The normalized spacial score (nSPS) is 21.3. The van der Waals surface area contributed by atoms with E-state index >= 15 is 0 Å². The third-order valence-corrected chi connectivity index (χ3v) is 9.06. The highest BCUT2D eigenvalue weighted by molar-refractivity contribution is 7.90. The van der Waals surface area contributed by atoms with Crippen molar-refractivity contribution < 1.29 is 16.8 Å². The summed E-state index contributed by atoms with van der Waals surface area (Å²) >= 11 is 0. The molecule has 1 aromatic rings. The van der Waals surface area contributed by atoms with Crippen LogP contribution < -0.4 is 14.8 Å². The Morgan fingerprint density at radius 1 is 0.966 bits per heavy atom. The molecule has 1 saturated carbocycles. The molecule has 0 unspecified atom stereocenters. The van der Waals surface area contributed by atoms with E-state index in [-0.39, 0.29) is 17.0 Å². The standard InChI is InChI=1S/C20H35N3O4S2/c1-15(2)22-28(24,25)19-12-10-17(11-13-19)21-14-16-6-8-18(9-7-16)23-29(26,27)20(3,4)5/h10-13,15-16,18,21-23H,6-9,14H2,1-5H3. The summed E-state index contributed by atoms with van der Waals surface area (Å²) in [6, 6.07) is 6.61. The van der Waals surface area contributed by atoms with Crippen molar-refractivity contribution in [3.8, 4) is 0 Å². The van der Waals surface area contributed by atoms with Gasteiger partial charge in [-0.1, -0.05) is 0 Å². The Morgan fingerprint density at radius 2 is 1.52 bits per heavy atom. The second kappa shape index (κ2) is 9.32. The molecule has 0 heterocycles. The number of rotatable bonds is 8. The molecule has 7 nitrogen and oxygen atoms in total. The van der Waals surface area contributed by atoms with Gasteiger partial charge in [0, 0.05) is 24.3 Å². The van der Waals surface area contributed by atoms with Gasteiger partial charge in [-0.3, -0.25) is 0 Å². The van der Waals surface area contributed by atoms with E-state index in [1.807, 2.05) is 0 Å². The lowest BCUT2D eigenvalue weighted by atomic mass is 9.86. The molecule has 0 atom stereocenters. The van der Waals surface area contributed by atoms with Crippen molar-refractivity contribution in [1.29, 1.82) is 0 Å². The first-order valence-corrected chi connectivity index (χ1v) is 13.1. The fraction of sp³-hybridized carbons (Fsp3) is 0.700. The molecule has 1 aliphatic carbocycles. The van der Waals surface area contributed by atoms with Crippen LogP contribution in [0.1, 0.15) is 60.3 Å². The predicted molar refractivity (Wildman–Crippen MR) is 118 cm³/mol. The van der Waals surface area contributed by atoms with Gasteiger partial charge in [0.15, 0.2) is 0 Å². The molecule has 3 N–H and O–H groups in total. The zero-order chi connectivity index (χ0) is 21.9. The maximum Gasteiger partial charge on any atom is 0.240 e. The largest absolute Gasteiger partial charge is 0.385 e. The summed E-state index contributed by atoms with van der Waals surface area (Å²) in [4.78, 5) is 0.253. The number of hydrogen-bond acceptors (Lipinski definition) is 5. The van der Waals surface area contributed by atoms with Crippen LogP contribution in [-0.4, -0.2) is 40.2 Å². The molecule has 0 aromatic heterocycles. The predicted octanol–water partition coefficient (Wildman–Crippen LogP) is 3.06. The van der Waals surface area contributed by atoms with Gasteiger partial charge in [-0.2, -0.15) is 0 Å². The smallest absolute Gasteiger partial charge is 0.240 e. The maximum atomic E-state index is 12.3. The molecule has 0 spiro atoms. The summed E-state index contributed by atoms with van der Waals surface area (Å²) in [5.41, 5.74) is 0.879. The molecular weight excluding hydrogens is 410 g/mol. The van der Waals surface area contributed by atoms with Gasteiger partial charge in [0.05, 0.1) is 9.64 Å². The van der Waals surface area contributed by atoms with E-state index in [0.29, 0.717) is 5.92 Å². The number of sulfonamides is 2. The topological polar surface area (TPSA) is 104 Å². The zero-order valence-corrected chi connectivity index (χ0v) is 19.7. The lowest BCUT2D eigenvalue weighted by Gasteiger charge is -2.31. The van der Waals surface area contributed by atoms with E-state index in [0.717, 1.165) is 37.9 Å². The quantitative estimate of drug-likeness (QED) is 0.570. The van der Waals surface area contributed by atoms with Gasteiger partial charge in [-0.15, -0.1) is 0 Å². The van der Waals surface area contributed by atoms with Crippen LogP contribution in [0.5, 0.6) is 0 Å². The Kier molecular flexibility index (Phi) is 7.75. The molecule has 166 valence electrons. The fourth-order valence-electron chi connectivity index (χ4n) is 3.27. The number of benzene rings is 1. The summed E-state index contributed by atoms with van der Waals surface area (Å²) in [6.45, 7) is 9.49. The SMILES string of the molecule is CC(C)NS(=O)(=O)c1ccc(NCC2CCC(NS(=O)(=O)C(C)(C)C)CC2)cc1. The number of anilines is 1. The van der Waals surface area contributed by atoms with Crippen molar-refractivity contribution in [1.82, 2.24) is 9.44 Å². The molecule has 29 heavy (non-hydrogen) atoms. The van der Waals surface area contributed by atoms with Gasteiger partial charge in [0.2, 0.25) is 20.0 Å².